The van der Waals surface area contributed by atoms with Crippen molar-refractivity contribution in [3.8, 4) is 0 Å². The van der Waals surface area contributed by atoms with Crippen LogP contribution in [0.15, 0.2) is 18.2 Å². The molecule has 1 amide bonds. The fourth-order valence-corrected chi connectivity index (χ4v) is 1.90. The summed E-state index contributed by atoms with van der Waals surface area (Å²) >= 11 is 11.7. The number of nitrogens with one attached hydrogen (secondary N) is 1. The SMILES string of the molecule is Cc1cccc(C(=O)NC(C)CCCl)c1Cl. The quantitative estimate of drug-likeness (QED) is 0.826. The Morgan fingerprint density at radius 2 is 2.19 bits per heavy atom. The molecule has 0 heterocycles. The molecule has 0 bridgehead atoms. The lowest BCUT2D eigenvalue weighted by Crippen LogP contribution is -2.33. The average molecular weight is 260 g/mol. The van der Waals surface area contributed by atoms with Crippen LogP contribution in [-0.4, -0.2) is 17.8 Å². The van der Waals surface area contributed by atoms with Gasteiger partial charge in [-0.3, -0.25) is 4.79 Å². The molecule has 0 radical (unpaired) electrons. The number of hydrogen-bond donors (Lipinski definition) is 1. The van der Waals surface area contributed by atoms with Gasteiger partial charge < -0.3 is 5.32 Å². The van der Waals surface area contributed by atoms with Crippen LogP contribution < -0.4 is 5.32 Å². The predicted octanol–water partition coefficient (Wildman–Crippen LogP) is 3.40. The van der Waals surface area contributed by atoms with Crippen molar-refractivity contribution in [1.29, 1.82) is 0 Å². The van der Waals surface area contributed by atoms with E-state index < -0.39 is 0 Å². The van der Waals surface area contributed by atoms with E-state index in [-0.39, 0.29) is 11.9 Å². The molecule has 0 aromatic heterocycles. The standard InChI is InChI=1S/C12H15Cl2NO/c1-8-4-3-5-10(11(8)14)12(16)15-9(2)6-7-13/h3-5,9H,6-7H2,1-2H3,(H,15,16). The van der Waals surface area contributed by atoms with Gasteiger partial charge in [0.15, 0.2) is 0 Å². The number of hydrogen-bond acceptors (Lipinski definition) is 1. The summed E-state index contributed by atoms with van der Waals surface area (Å²) < 4.78 is 0. The van der Waals surface area contributed by atoms with E-state index in [1.54, 1.807) is 6.07 Å². The minimum absolute atomic E-state index is 0.0570. The molecule has 0 aliphatic rings. The Bertz CT molecular complexity index is 379. The van der Waals surface area contributed by atoms with Crippen LogP contribution in [0.1, 0.15) is 29.3 Å². The summed E-state index contributed by atoms with van der Waals surface area (Å²) in [7, 11) is 0. The normalized spacial score (nSPS) is 12.2. The largest absolute Gasteiger partial charge is 0.349 e. The highest BCUT2D eigenvalue weighted by atomic mass is 35.5. The first kappa shape index (κ1) is 13.3. The Morgan fingerprint density at radius 3 is 2.81 bits per heavy atom. The van der Waals surface area contributed by atoms with Gasteiger partial charge in [0.1, 0.15) is 0 Å². The second kappa shape index (κ2) is 6.12. The summed E-state index contributed by atoms with van der Waals surface area (Å²) in [5, 5.41) is 3.37. The van der Waals surface area contributed by atoms with Gasteiger partial charge >= 0.3 is 0 Å². The molecule has 1 aromatic carbocycles. The molecular weight excluding hydrogens is 245 g/mol. The van der Waals surface area contributed by atoms with Crippen LogP contribution in [0.25, 0.3) is 0 Å². The van der Waals surface area contributed by atoms with Crippen molar-refractivity contribution in [3.05, 3.63) is 34.3 Å². The van der Waals surface area contributed by atoms with Gasteiger partial charge in [-0.25, -0.2) is 0 Å². The highest BCUT2D eigenvalue weighted by Gasteiger charge is 2.13. The first-order valence-electron chi connectivity index (χ1n) is 5.18. The van der Waals surface area contributed by atoms with Crippen molar-refractivity contribution in [1.82, 2.24) is 5.32 Å². The van der Waals surface area contributed by atoms with Crippen LogP contribution in [0.4, 0.5) is 0 Å². The minimum Gasteiger partial charge on any atom is -0.349 e. The van der Waals surface area contributed by atoms with E-state index in [1.165, 1.54) is 0 Å². The van der Waals surface area contributed by atoms with Gasteiger partial charge in [0.05, 0.1) is 10.6 Å². The van der Waals surface area contributed by atoms with Crippen LogP contribution >= 0.6 is 23.2 Å². The minimum atomic E-state index is -0.147. The lowest BCUT2D eigenvalue weighted by molar-refractivity contribution is 0.0939. The number of halogens is 2. The van der Waals surface area contributed by atoms with Crippen molar-refractivity contribution in [3.63, 3.8) is 0 Å². The molecule has 88 valence electrons. The highest BCUT2D eigenvalue weighted by Crippen LogP contribution is 2.20. The van der Waals surface area contributed by atoms with E-state index in [2.05, 4.69) is 5.32 Å². The number of carbonyl (C=O) groups is 1. The van der Waals surface area contributed by atoms with E-state index in [1.807, 2.05) is 26.0 Å². The van der Waals surface area contributed by atoms with Crippen LogP contribution in [-0.2, 0) is 0 Å². The molecule has 1 rings (SSSR count). The van der Waals surface area contributed by atoms with Crippen molar-refractivity contribution in [2.75, 3.05) is 5.88 Å². The van der Waals surface area contributed by atoms with Crippen LogP contribution in [0.5, 0.6) is 0 Å². The average Bonchev–Trinajstić information content (AvgIpc) is 2.22. The molecule has 0 fully saturated rings. The maximum absolute atomic E-state index is 11.9. The molecular formula is C12H15Cl2NO. The lowest BCUT2D eigenvalue weighted by atomic mass is 10.1. The number of rotatable bonds is 4. The Hall–Kier alpha value is -0.730. The second-order valence-electron chi connectivity index (χ2n) is 3.79. The summed E-state index contributed by atoms with van der Waals surface area (Å²) in [6.45, 7) is 3.80. The van der Waals surface area contributed by atoms with Crippen molar-refractivity contribution < 1.29 is 4.79 Å². The van der Waals surface area contributed by atoms with Gasteiger partial charge in [-0.05, 0) is 31.9 Å². The molecule has 1 unspecified atom stereocenters. The van der Waals surface area contributed by atoms with Crippen molar-refractivity contribution >= 4 is 29.1 Å². The van der Waals surface area contributed by atoms with Crippen LogP contribution in [0.2, 0.25) is 5.02 Å². The topological polar surface area (TPSA) is 29.1 Å². The summed E-state index contributed by atoms with van der Waals surface area (Å²) in [6.07, 6.45) is 0.747. The van der Waals surface area contributed by atoms with Gasteiger partial charge in [-0.2, -0.15) is 0 Å². The Kier molecular flexibility index (Phi) is 5.10. The van der Waals surface area contributed by atoms with Gasteiger partial charge in [0, 0.05) is 11.9 Å². The van der Waals surface area contributed by atoms with E-state index in [4.69, 9.17) is 23.2 Å². The Morgan fingerprint density at radius 1 is 1.50 bits per heavy atom. The lowest BCUT2D eigenvalue weighted by Gasteiger charge is -2.13. The highest BCUT2D eigenvalue weighted by molar-refractivity contribution is 6.34. The van der Waals surface area contributed by atoms with Crippen LogP contribution in [0, 0.1) is 6.92 Å². The molecule has 16 heavy (non-hydrogen) atoms. The monoisotopic (exact) mass is 259 g/mol. The zero-order chi connectivity index (χ0) is 12.1. The smallest absolute Gasteiger partial charge is 0.253 e. The van der Waals surface area contributed by atoms with E-state index in [0.29, 0.717) is 16.5 Å². The maximum Gasteiger partial charge on any atom is 0.253 e. The van der Waals surface area contributed by atoms with Gasteiger partial charge in [0.2, 0.25) is 0 Å². The molecule has 1 N–H and O–H groups in total. The predicted molar refractivity (Wildman–Crippen MR) is 68.5 cm³/mol. The summed E-state index contributed by atoms with van der Waals surface area (Å²) in [4.78, 5) is 11.9. The number of aryl methyl sites for hydroxylation is 1. The van der Waals surface area contributed by atoms with Gasteiger partial charge in [-0.15, -0.1) is 11.6 Å². The fraction of sp³-hybridized carbons (Fsp3) is 0.417. The number of amides is 1. The molecule has 0 aliphatic carbocycles. The van der Waals surface area contributed by atoms with E-state index in [9.17, 15) is 4.79 Å². The van der Waals surface area contributed by atoms with Gasteiger partial charge in [0.25, 0.3) is 5.91 Å². The maximum atomic E-state index is 11.9. The van der Waals surface area contributed by atoms with Crippen LogP contribution in [0.3, 0.4) is 0 Å². The van der Waals surface area contributed by atoms with E-state index >= 15 is 0 Å². The Balaban J connectivity index is 2.77. The molecule has 4 heteroatoms. The molecule has 1 atom stereocenters. The molecule has 0 saturated heterocycles. The molecule has 0 spiro atoms. The third-order valence-corrected chi connectivity index (χ3v) is 3.08. The first-order valence-corrected chi connectivity index (χ1v) is 6.09. The molecule has 0 saturated carbocycles. The van der Waals surface area contributed by atoms with Crippen molar-refractivity contribution in [2.24, 2.45) is 0 Å². The van der Waals surface area contributed by atoms with Crippen molar-refractivity contribution in [2.45, 2.75) is 26.3 Å². The third-order valence-electron chi connectivity index (χ3n) is 2.36. The third kappa shape index (κ3) is 3.39. The molecule has 0 aliphatic heterocycles. The molecule has 1 aromatic rings. The fourth-order valence-electron chi connectivity index (χ4n) is 1.36. The summed E-state index contributed by atoms with van der Waals surface area (Å²) in [5.74, 6) is 0.384. The number of carbonyl (C=O) groups excluding carboxylic acids is 1. The van der Waals surface area contributed by atoms with Gasteiger partial charge in [-0.1, -0.05) is 23.7 Å². The Labute approximate surface area is 106 Å². The number of benzene rings is 1. The zero-order valence-corrected chi connectivity index (χ0v) is 10.9. The zero-order valence-electron chi connectivity index (χ0n) is 9.39. The second-order valence-corrected chi connectivity index (χ2v) is 4.54. The first-order chi connectivity index (χ1) is 7.56. The number of alkyl halides is 1. The summed E-state index contributed by atoms with van der Waals surface area (Å²) in [6, 6.07) is 5.48. The summed E-state index contributed by atoms with van der Waals surface area (Å²) in [5.41, 5.74) is 1.42. The van der Waals surface area contributed by atoms with E-state index in [0.717, 1.165) is 12.0 Å². The molecule has 2 nitrogen and oxygen atoms in total.